The van der Waals surface area contributed by atoms with Gasteiger partial charge in [-0.05, 0) is 93.9 Å². The Morgan fingerprint density at radius 2 is 1.92 bits per heavy atom. The third-order valence-corrected chi connectivity index (χ3v) is 10.1. The van der Waals surface area contributed by atoms with Gasteiger partial charge in [-0.25, -0.2) is 12.7 Å². The highest BCUT2D eigenvalue weighted by Crippen LogP contribution is 2.37. The van der Waals surface area contributed by atoms with E-state index < -0.39 is 15.6 Å². The van der Waals surface area contributed by atoms with Gasteiger partial charge in [0.25, 0.3) is 5.91 Å². The summed E-state index contributed by atoms with van der Waals surface area (Å²) in [4.78, 5) is 29.1. The third kappa shape index (κ3) is 6.57. The lowest BCUT2D eigenvalue weighted by Crippen LogP contribution is -2.51. The molecule has 204 valence electrons. The van der Waals surface area contributed by atoms with Crippen LogP contribution in [0.5, 0.6) is 0 Å². The molecule has 10 heteroatoms. The van der Waals surface area contributed by atoms with E-state index in [1.54, 1.807) is 6.07 Å². The number of rotatable bonds is 9. The van der Waals surface area contributed by atoms with E-state index in [1.807, 2.05) is 19.1 Å². The summed E-state index contributed by atoms with van der Waals surface area (Å²) in [5.41, 5.74) is 1.69. The number of nitrogens with zero attached hydrogens (tertiary/aromatic N) is 2. The number of amides is 2. The first-order valence-electron chi connectivity index (χ1n) is 13.4. The molecule has 1 aromatic rings. The van der Waals surface area contributed by atoms with Crippen molar-refractivity contribution < 1.29 is 22.4 Å². The van der Waals surface area contributed by atoms with Gasteiger partial charge in [-0.3, -0.25) is 19.0 Å². The van der Waals surface area contributed by atoms with E-state index in [2.05, 4.69) is 10.6 Å². The van der Waals surface area contributed by atoms with Crippen LogP contribution >= 0.6 is 0 Å². The lowest BCUT2D eigenvalue weighted by atomic mass is 9.79. The molecule has 1 spiro atoms. The van der Waals surface area contributed by atoms with Gasteiger partial charge >= 0.3 is 0 Å². The third-order valence-electron chi connectivity index (χ3n) is 8.21. The highest BCUT2D eigenvalue weighted by atomic mass is 32.2. The van der Waals surface area contributed by atoms with Crippen molar-refractivity contribution in [2.24, 2.45) is 16.8 Å². The molecule has 37 heavy (non-hydrogen) atoms. The quantitative estimate of drug-likeness (QED) is 0.503. The fraction of sp³-hybridized carbons (Fsp3) is 0.667. The number of hydrogen-bond donors (Lipinski definition) is 2. The average Bonchev–Trinajstić information content (AvgIpc) is 3.17. The molecule has 2 N–H and O–H groups in total. The number of anilines is 1. The lowest BCUT2D eigenvalue weighted by molar-refractivity contribution is -0.125. The summed E-state index contributed by atoms with van der Waals surface area (Å²) in [6, 6.07) is 5.49. The van der Waals surface area contributed by atoms with Gasteiger partial charge in [0.2, 0.25) is 15.9 Å². The van der Waals surface area contributed by atoms with Gasteiger partial charge in [0.15, 0.2) is 0 Å². The first-order chi connectivity index (χ1) is 17.6. The van der Waals surface area contributed by atoms with Crippen LogP contribution in [0.25, 0.3) is 0 Å². The second kappa shape index (κ2) is 11.6. The second-order valence-electron chi connectivity index (χ2n) is 10.8. The van der Waals surface area contributed by atoms with Crippen molar-refractivity contribution in [3.8, 4) is 0 Å². The fourth-order valence-corrected chi connectivity index (χ4v) is 7.40. The van der Waals surface area contributed by atoms with Crippen molar-refractivity contribution in [1.29, 1.82) is 0 Å². The van der Waals surface area contributed by atoms with Gasteiger partial charge in [-0.15, -0.1) is 0 Å². The number of aryl methyl sites for hydroxylation is 2. The summed E-state index contributed by atoms with van der Waals surface area (Å²) < 4.78 is 40.2. The topological polar surface area (TPSA) is 108 Å². The minimum Gasteiger partial charge on any atom is -0.326 e. The molecule has 1 aromatic carbocycles. The van der Waals surface area contributed by atoms with E-state index in [0.29, 0.717) is 37.3 Å². The minimum absolute atomic E-state index is 0.00726. The van der Waals surface area contributed by atoms with Crippen LogP contribution in [0.1, 0.15) is 69.4 Å². The summed E-state index contributed by atoms with van der Waals surface area (Å²) in [5, 5.41) is 5.76. The SMILES string of the molecule is CC(=O)Nc1ccc(CCS(=O)(=O)N2CCC3(CC2)N=C([C@H]2CC[C@H](CCCF)CC2)NC3=O)c(C)c1. The summed E-state index contributed by atoms with van der Waals surface area (Å²) in [5.74, 6) is 1.30. The Labute approximate surface area is 219 Å². The smallest absolute Gasteiger partial charge is 0.253 e. The molecule has 2 fully saturated rings. The van der Waals surface area contributed by atoms with Gasteiger partial charge < -0.3 is 10.6 Å². The number of alkyl halides is 1. The first-order valence-corrected chi connectivity index (χ1v) is 15.0. The Morgan fingerprint density at radius 3 is 2.54 bits per heavy atom. The van der Waals surface area contributed by atoms with Crippen LogP contribution in [0.15, 0.2) is 23.2 Å². The molecule has 0 atom stereocenters. The van der Waals surface area contributed by atoms with Crippen molar-refractivity contribution in [3.63, 3.8) is 0 Å². The van der Waals surface area contributed by atoms with Crippen LogP contribution in [-0.4, -0.2) is 61.4 Å². The zero-order valence-corrected chi connectivity index (χ0v) is 22.7. The largest absolute Gasteiger partial charge is 0.326 e. The number of piperidine rings is 1. The van der Waals surface area contributed by atoms with Crippen LogP contribution in [0.3, 0.4) is 0 Å². The minimum atomic E-state index is -3.48. The van der Waals surface area contributed by atoms with Gasteiger partial charge in [0, 0.05) is 31.6 Å². The van der Waals surface area contributed by atoms with Crippen molar-refractivity contribution in [2.45, 2.75) is 77.2 Å². The van der Waals surface area contributed by atoms with Crippen LogP contribution < -0.4 is 10.6 Å². The second-order valence-corrected chi connectivity index (χ2v) is 12.9. The Morgan fingerprint density at radius 1 is 1.22 bits per heavy atom. The van der Waals surface area contributed by atoms with E-state index >= 15 is 0 Å². The zero-order valence-electron chi connectivity index (χ0n) is 21.9. The number of nitrogens with one attached hydrogen (secondary N) is 2. The number of halogens is 1. The molecule has 0 aromatic heterocycles. The van der Waals surface area contributed by atoms with Gasteiger partial charge in [0.1, 0.15) is 11.4 Å². The van der Waals surface area contributed by atoms with Crippen molar-refractivity contribution >= 4 is 33.4 Å². The maximum Gasteiger partial charge on any atom is 0.253 e. The van der Waals surface area contributed by atoms with E-state index in [1.165, 1.54) is 11.2 Å². The first kappa shape index (κ1) is 27.7. The number of benzene rings is 1. The molecular weight excluding hydrogens is 495 g/mol. The number of carbonyl (C=O) groups excluding carboxylic acids is 2. The van der Waals surface area contributed by atoms with E-state index in [9.17, 15) is 22.4 Å². The number of hydrogen-bond acceptors (Lipinski definition) is 5. The van der Waals surface area contributed by atoms with Gasteiger partial charge in [0.05, 0.1) is 12.4 Å². The standard InChI is InChI=1S/C27H39FN4O4S/c1-19-18-24(29-20(2)33)10-9-22(19)11-17-37(35,36)32-15-12-27(13-16-32)26(34)30-25(31-27)23-7-5-21(6-8-23)4-3-14-28/h9-10,18,21,23H,3-8,11-17H2,1-2H3,(H,29,33)(H,30,31,34)/t21-,23-. The maximum atomic E-state index is 13.1. The average molecular weight is 535 g/mol. The predicted molar refractivity (Wildman–Crippen MR) is 143 cm³/mol. The molecule has 0 bridgehead atoms. The molecule has 4 rings (SSSR count). The highest BCUT2D eigenvalue weighted by Gasteiger charge is 2.48. The number of amidine groups is 1. The van der Waals surface area contributed by atoms with Crippen molar-refractivity contribution in [3.05, 3.63) is 29.3 Å². The van der Waals surface area contributed by atoms with Crippen LogP contribution in [0.2, 0.25) is 0 Å². The molecule has 2 amide bonds. The van der Waals surface area contributed by atoms with E-state index in [0.717, 1.165) is 49.1 Å². The summed E-state index contributed by atoms with van der Waals surface area (Å²) in [7, 11) is -3.48. The molecule has 2 heterocycles. The Balaban J connectivity index is 1.31. The molecule has 0 radical (unpaired) electrons. The Kier molecular flexibility index (Phi) is 8.68. The fourth-order valence-electron chi connectivity index (χ4n) is 5.92. The molecule has 0 unspecified atom stereocenters. The van der Waals surface area contributed by atoms with Crippen LogP contribution in [-0.2, 0) is 26.0 Å². The highest BCUT2D eigenvalue weighted by molar-refractivity contribution is 7.89. The van der Waals surface area contributed by atoms with Crippen molar-refractivity contribution in [1.82, 2.24) is 9.62 Å². The monoisotopic (exact) mass is 534 g/mol. The summed E-state index contributed by atoms with van der Waals surface area (Å²) in [6.07, 6.45) is 6.69. The van der Waals surface area contributed by atoms with Crippen molar-refractivity contribution in [2.75, 3.05) is 30.8 Å². The Bertz CT molecular complexity index is 1140. The van der Waals surface area contributed by atoms with Crippen LogP contribution in [0, 0.1) is 18.8 Å². The number of carbonyl (C=O) groups is 2. The molecule has 1 saturated heterocycles. The summed E-state index contributed by atoms with van der Waals surface area (Å²) >= 11 is 0. The molecule has 1 saturated carbocycles. The molecule has 3 aliphatic rings. The van der Waals surface area contributed by atoms with E-state index in [-0.39, 0.29) is 43.2 Å². The molecule has 2 aliphatic heterocycles. The maximum absolute atomic E-state index is 13.1. The van der Waals surface area contributed by atoms with Crippen LogP contribution in [0.4, 0.5) is 10.1 Å². The molecule has 1 aliphatic carbocycles. The normalized spacial score (nSPS) is 24.1. The predicted octanol–water partition coefficient (Wildman–Crippen LogP) is 3.74. The van der Waals surface area contributed by atoms with Gasteiger partial charge in [-0.2, -0.15) is 0 Å². The lowest BCUT2D eigenvalue weighted by Gasteiger charge is -2.34. The number of aliphatic imine (C=N–C) groups is 1. The molecule has 8 nitrogen and oxygen atoms in total. The summed E-state index contributed by atoms with van der Waals surface area (Å²) in [6.45, 7) is 3.65. The van der Waals surface area contributed by atoms with Gasteiger partial charge in [-0.1, -0.05) is 6.07 Å². The van der Waals surface area contributed by atoms with E-state index in [4.69, 9.17) is 4.99 Å². The molecular formula is C27H39FN4O4S. The zero-order chi connectivity index (χ0) is 26.6. The number of sulfonamides is 1. The Hall–Kier alpha value is -2.33.